The summed E-state index contributed by atoms with van der Waals surface area (Å²) in [5, 5.41) is 9.34. The van der Waals surface area contributed by atoms with Crippen molar-refractivity contribution in [1.29, 1.82) is 5.26 Å². The Morgan fingerprint density at radius 3 is 2.53 bits per heavy atom. The normalized spacial score (nSPS) is 19.0. The Morgan fingerprint density at radius 1 is 1.42 bits per heavy atom. The first kappa shape index (κ1) is 15.0. The molecular formula is C12H15BrN2O2S2. The first-order valence-electron chi connectivity index (χ1n) is 6.10. The van der Waals surface area contributed by atoms with E-state index in [0.29, 0.717) is 12.8 Å². The molecule has 1 aromatic rings. The molecule has 0 bridgehead atoms. The SMILES string of the molecule is Cc1sc(Br)cc1S(=O)(=O)NC1(C#N)CCCCC1. The average Bonchev–Trinajstić information content (AvgIpc) is 2.70. The highest BCUT2D eigenvalue weighted by molar-refractivity contribution is 9.11. The lowest BCUT2D eigenvalue weighted by molar-refractivity contribution is 0.338. The lowest BCUT2D eigenvalue weighted by atomic mass is 9.84. The topological polar surface area (TPSA) is 70.0 Å². The summed E-state index contributed by atoms with van der Waals surface area (Å²) in [6, 6.07) is 3.76. The summed E-state index contributed by atoms with van der Waals surface area (Å²) in [6.07, 6.45) is 4.03. The van der Waals surface area contributed by atoms with Crippen LogP contribution >= 0.6 is 27.3 Å². The maximum Gasteiger partial charge on any atom is 0.243 e. The van der Waals surface area contributed by atoms with Crippen LogP contribution < -0.4 is 4.72 Å². The van der Waals surface area contributed by atoms with Gasteiger partial charge in [0, 0.05) is 4.88 Å². The molecule has 0 atom stereocenters. The number of nitriles is 1. The number of halogens is 1. The zero-order valence-electron chi connectivity index (χ0n) is 10.6. The van der Waals surface area contributed by atoms with Crippen LogP contribution in [0.1, 0.15) is 37.0 Å². The van der Waals surface area contributed by atoms with Crippen LogP contribution in [0.3, 0.4) is 0 Å². The number of aryl methyl sites for hydroxylation is 1. The molecular weight excluding hydrogens is 348 g/mol. The highest BCUT2D eigenvalue weighted by atomic mass is 79.9. The highest BCUT2D eigenvalue weighted by Crippen LogP contribution is 2.33. The molecule has 1 N–H and O–H groups in total. The van der Waals surface area contributed by atoms with Gasteiger partial charge in [-0.1, -0.05) is 19.3 Å². The van der Waals surface area contributed by atoms with Crippen LogP contribution in [0.25, 0.3) is 0 Å². The molecule has 0 aliphatic heterocycles. The number of hydrogen-bond acceptors (Lipinski definition) is 4. The lowest BCUT2D eigenvalue weighted by Crippen LogP contribution is -2.48. The molecule has 104 valence electrons. The third kappa shape index (κ3) is 3.19. The summed E-state index contributed by atoms with van der Waals surface area (Å²) < 4.78 is 28.2. The summed E-state index contributed by atoms with van der Waals surface area (Å²) in [5.74, 6) is 0. The van der Waals surface area contributed by atoms with Crippen LogP contribution in [0.4, 0.5) is 0 Å². The Hall–Kier alpha value is -0.420. The predicted octanol–water partition coefficient (Wildman–Crippen LogP) is 3.32. The molecule has 2 rings (SSSR count). The Kier molecular flexibility index (Phi) is 4.35. The maximum atomic E-state index is 12.4. The van der Waals surface area contributed by atoms with Crippen molar-refractivity contribution in [3.8, 4) is 6.07 Å². The second-order valence-electron chi connectivity index (χ2n) is 4.83. The van der Waals surface area contributed by atoms with E-state index in [1.54, 1.807) is 13.0 Å². The van der Waals surface area contributed by atoms with E-state index in [1.807, 2.05) is 0 Å². The van der Waals surface area contributed by atoms with E-state index in [4.69, 9.17) is 0 Å². The molecule has 0 unspecified atom stereocenters. The predicted molar refractivity (Wildman–Crippen MR) is 78.5 cm³/mol. The van der Waals surface area contributed by atoms with Gasteiger partial charge in [0.05, 0.1) is 14.8 Å². The monoisotopic (exact) mass is 362 g/mol. The zero-order chi connectivity index (χ0) is 14.1. The van der Waals surface area contributed by atoms with Gasteiger partial charge in [0.25, 0.3) is 0 Å². The van der Waals surface area contributed by atoms with Gasteiger partial charge in [-0.25, -0.2) is 8.42 Å². The summed E-state index contributed by atoms with van der Waals surface area (Å²) in [4.78, 5) is 0.993. The first-order valence-corrected chi connectivity index (χ1v) is 9.19. The van der Waals surface area contributed by atoms with E-state index < -0.39 is 15.6 Å². The van der Waals surface area contributed by atoms with Crippen LogP contribution in [-0.4, -0.2) is 14.0 Å². The Labute approximate surface area is 126 Å². The molecule has 1 aliphatic carbocycles. The first-order chi connectivity index (χ1) is 8.88. The number of rotatable bonds is 3. The number of sulfonamides is 1. The van der Waals surface area contributed by atoms with Crippen molar-refractivity contribution in [3.63, 3.8) is 0 Å². The fourth-order valence-electron chi connectivity index (χ4n) is 2.40. The molecule has 1 heterocycles. The molecule has 1 aromatic heterocycles. The summed E-state index contributed by atoms with van der Waals surface area (Å²) in [5.41, 5.74) is -0.933. The van der Waals surface area contributed by atoms with Crippen LogP contribution in [0.15, 0.2) is 14.7 Å². The standard InChI is InChI=1S/C12H15BrN2O2S2/c1-9-10(7-11(13)18-9)19(16,17)15-12(8-14)5-3-2-4-6-12/h7,15H,2-6H2,1H3. The van der Waals surface area contributed by atoms with Crippen LogP contribution in [0.2, 0.25) is 0 Å². The zero-order valence-corrected chi connectivity index (χ0v) is 13.8. The minimum Gasteiger partial charge on any atom is -0.207 e. The molecule has 1 aliphatic rings. The van der Waals surface area contributed by atoms with Crippen molar-refractivity contribution in [2.75, 3.05) is 0 Å². The molecule has 7 heteroatoms. The van der Waals surface area contributed by atoms with Gasteiger partial charge in [0.2, 0.25) is 10.0 Å². The van der Waals surface area contributed by atoms with E-state index in [0.717, 1.165) is 27.9 Å². The van der Waals surface area contributed by atoms with E-state index in [9.17, 15) is 13.7 Å². The Morgan fingerprint density at radius 2 is 2.05 bits per heavy atom. The quantitative estimate of drug-likeness (QED) is 0.896. The van der Waals surface area contributed by atoms with Gasteiger partial charge in [-0.15, -0.1) is 11.3 Å². The number of nitrogens with zero attached hydrogens (tertiary/aromatic N) is 1. The second kappa shape index (κ2) is 5.52. The second-order valence-corrected chi connectivity index (χ2v) is 9.12. The van der Waals surface area contributed by atoms with Gasteiger partial charge in [-0.3, -0.25) is 0 Å². The molecule has 1 fully saturated rings. The van der Waals surface area contributed by atoms with Gasteiger partial charge >= 0.3 is 0 Å². The van der Waals surface area contributed by atoms with Crippen LogP contribution in [-0.2, 0) is 10.0 Å². The summed E-state index contributed by atoms with van der Waals surface area (Å²) in [6.45, 7) is 1.77. The third-order valence-corrected chi connectivity index (χ3v) is 6.73. The van der Waals surface area contributed by atoms with E-state index in [1.165, 1.54) is 11.3 Å². The fourth-order valence-corrected chi connectivity index (χ4v) is 6.19. The van der Waals surface area contributed by atoms with Gasteiger partial charge in [-0.05, 0) is 41.8 Å². The van der Waals surface area contributed by atoms with Crippen molar-refractivity contribution >= 4 is 37.3 Å². The largest absolute Gasteiger partial charge is 0.243 e. The van der Waals surface area contributed by atoms with Crippen molar-refractivity contribution in [3.05, 3.63) is 14.7 Å². The molecule has 0 aromatic carbocycles. The smallest absolute Gasteiger partial charge is 0.207 e. The summed E-state index contributed by atoms with van der Waals surface area (Å²) >= 11 is 4.67. The number of nitrogens with one attached hydrogen (secondary N) is 1. The number of hydrogen-bond donors (Lipinski definition) is 1. The molecule has 0 radical (unpaired) electrons. The minimum atomic E-state index is -3.63. The van der Waals surface area contributed by atoms with E-state index >= 15 is 0 Å². The van der Waals surface area contributed by atoms with Gasteiger partial charge in [-0.2, -0.15) is 9.98 Å². The molecule has 0 spiro atoms. The highest BCUT2D eigenvalue weighted by Gasteiger charge is 2.37. The number of thiophene rings is 1. The average molecular weight is 363 g/mol. The van der Waals surface area contributed by atoms with E-state index in [2.05, 4.69) is 26.7 Å². The third-order valence-electron chi connectivity index (χ3n) is 3.38. The molecule has 0 saturated heterocycles. The van der Waals surface area contributed by atoms with Crippen LogP contribution in [0, 0.1) is 18.3 Å². The molecule has 1 saturated carbocycles. The minimum absolute atomic E-state index is 0.268. The molecule has 19 heavy (non-hydrogen) atoms. The van der Waals surface area contributed by atoms with E-state index in [-0.39, 0.29) is 4.90 Å². The lowest BCUT2D eigenvalue weighted by Gasteiger charge is -2.31. The van der Waals surface area contributed by atoms with Crippen LogP contribution in [0.5, 0.6) is 0 Å². The van der Waals surface area contributed by atoms with Gasteiger partial charge < -0.3 is 0 Å². The van der Waals surface area contributed by atoms with Crippen molar-refractivity contribution in [1.82, 2.24) is 4.72 Å². The Balaban J connectivity index is 2.31. The Bertz CT molecular complexity index is 610. The van der Waals surface area contributed by atoms with Crippen molar-refractivity contribution in [2.24, 2.45) is 0 Å². The van der Waals surface area contributed by atoms with Gasteiger partial charge in [0.1, 0.15) is 5.54 Å². The van der Waals surface area contributed by atoms with Crippen molar-refractivity contribution in [2.45, 2.75) is 49.5 Å². The maximum absolute atomic E-state index is 12.4. The summed E-state index contributed by atoms with van der Waals surface area (Å²) in [7, 11) is -3.63. The van der Waals surface area contributed by atoms with Crippen molar-refractivity contribution < 1.29 is 8.42 Å². The molecule has 4 nitrogen and oxygen atoms in total. The van der Waals surface area contributed by atoms with Gasteiger partial charge in [0.15, 0.2) is 0 Å². The molecule has 0 amide bonds. The fraction of sp³-hybridized carbons (Fsp3) is 0.583.